The number of nitrogens with one attached hydrogen (secondary N) is 4. The second-order valence-corrected chi connectivity index (χ2v) is 11.1. The predicted octanol–water partition coefficient (Wildman–Crippen LogP) is 3.41. The molecule has 4 amide bonds. The number of rotatable bonds is 14. The van der Waals surface area contributed by atoms with E-state index in [9.17, 15) is 19.5 Å². The number of hydrogen-bond donors (Lipinski definition) is 5. The fraction of sp³-hybridized carbons (Fsp3) is 0.400. The Balaban J connectivity index is 1.77. The van der Waals surface area contributed by atoms with E-state index < -0.39 is 36.4 Å². The zero-order chi connectivity index (χ0) is 29.6. The maximum Gasteiger partial charge on any atom is 0.407 e. The zero-order valence-corrected chi connectivity index (χ0v) is 24.4. The summed E-state index contributed by atoms with van der Waals surface area (Å²) in [5.74, 6) is -0.524. The van der Waals surface area contributed by atoms with Crippen LogP contribution in [0, 0.1) is 5.92 Å². The molecule has 0 spiro atoms. The van der Waals surface area contributed by atoms with Crippen LogP contribution < -0.4 is 21.3 Å². The van der Waals surface area contributed by atoms with Gasteiger partial charge in [0.1, 0.15) is 12.6 Å². The first-order valence-electron chi connectivity index (χ1n) is 13.6. The number of nitrogens with zero attached hydrogens (tertiary/aromatic N) is 1. The molecule has 220 valence electrons. The number of benzene rings is 2. The first-order chi connectivity index (χ1) is 19.7. The molecule has 0 unspecified atom stereocenters. The lowest BCUT2D eigenvalue weighted by Gasteiger charge is -2.30. The van der Waals surface area contributed by atoms with E-state index in [0.717, 1.165) is 16.0 Å². The van der Waals surface area contributed by atoms with Crippen LogP contribution in [0.25, 0.3) is 0 Å². The molecule has 0 aliphatic rings. The lowest BCUT2D eigenvalue weighted by atomic mass is 9.93. The Morgan fingerprint density at radius 1 is 0.927 bits per heavy atom. The Morgan fingerprint density at radius 2 is 1.56 bits per heavy atom. The van der Waals surface area contributed by atoms with Crippen LogP contribution in [0.2, 0.25) is 0 Å². The number of aliphatic hydroxyl groups is 1. The predicted molar refractivity (Wildman–Crippen MR) is 158 cm³/mol. The van der Waals surface area contributed by atoms with Gasteiger partial charge in [0, 0.05) is 19.3 Å². The van der Waals surface area contributed by atoms with Crippen molar-refractivity contribution in [3.8, 4) is 0 Å². The molecule has 1 heterocycles. The van der Waals surface area contributed by atoms with E-state index in [1.54, 1.807) is 11.7 Å². The maximum atomic E-state index is 13.3. The third kappa shape index (κ3) is 10.8. The van der Waals surface area contributed by atoms with Crippen molar-refractivity contribution in [2.45, 2.75) is 63.9 Å². The van der Waals surface area contributed by atoms with Crippen LogP contribution in [-0.4, -0.2) is 59.4 Å². The Labute approximate surface area is 244 Å². The number of amides is 4. The van der Waals surface area contributed by atoms with Crippen LogP contribution in [0.1, 0.15) is 36.3 Å². The highest BCUT2D eigenvalue weighted by molar-refractivity contribution is 7.09. The lowest BCUT2D eigenvalue weighted by molar-refractivity contribution is -0.124. The molecule has 0 radical (unpaired) electrons. The normalized spacial score (nSPS) is 13.9. The number of carbonyl (C=O) groups is 3. The van der Waals surface area contributed by atoms with Gasteiger partial charge in [-0.1, -0.05) is 74.5 Å². The van der Waals surface area contributed by atoms with Gasteiger partial charge < -0.3 is 31.1 Å². The highest BCUT2D eigenvalue weighted by Crippen LogP contribution is 2.16. The summed E-state index contributed by atoms with van der Waals surface area (Å²) >= 11 is 1.38. The summed E-state index contributed by atoms with van der Waals surface area (Å²) in [4.78, 5) is 42.8. The van der Waals surface area contributed by atoms with Crippen LogP contribution in [0.15, 0.2) is 72.4 Å². The Morgan fingerprint density at radius 3 is 2.12 bits per heavy atom. The van der Waals surface area contributed by atoms with Crippen LogP contribution in [0.4, 0.5) is 9.59 Å². The summed E-state index contributed by atoms with van der Waals surface area (Å²) in [5, 5.41) is 22.5. The van der Waals surface area contributed by atoms with Crippen molar-refractivity contribution in [1.82, 2.24) is 26.3 Å². The fourth-order valence-corrected chi connectivity index (χ4v) is 4.89. The zero-order valence-electron chi connectivity index (χ0n) is 23.6. The summed E-state index contributed by atoms with van der Waals surface area (Å²) in [7, 11) is 1.49. The summed E-state index contributed by atoms with van der Waals surface area (Å²) < 4.78 is 5.37. The van der Waals surface area contributed by atoms with Crippen molar-refractivity contribution in [3.05, 3.63) is 88.4 Å². The minimum Gasteiger partial charge on any atom is -0.444 e. The van der Waals surface area contributed by atoms with E-state index in [2.05, 4.69) is 26.3 Å². The molecule has 0 aliphatic heterocycles. The van der Waals surface area contributed by atoms with Crippen LogP contribution in [0.5, 0.6) is 0 Å². The Bertz CT molecular complexity index is 1210. The van der Waals surface area contributed by atoms with E-state index >= 15 is 0 Å². The number of aromatic nitrogens is 1. The average molecular weight is 582 g/mol. The quantitative estimate of drug-likeness (QED) is 0.198. The molecular weight excluding hydrogens is 542 g/mol. The van der Waals surface area contributed by atoms with Crippen molar-refractivity contribution in [3.63, 3.8) is 0 Å². The number of alkyl carbamates (subject to hydrolysis) is 1. The minimum atomic E-state index is -1.02. The molecule has 0 saturated carbocycles. The highest BCUT2D eigenvalue weighted by Gasteiger charge is 2.30. The van der Waals surface area contributed by atoms with Gasteiger partial charge in [0.2, 0.25) is 5.91 Å². The topological polar surface area (TPSA) is 142 Å². The summed E-state index contributed by atoms with van der Waals surface area (Å²) in [6.45, 7) is 3.77. The number of ether oxygens (including phenoxy) is 1. The van der Waals surface area contributed by atoms with Crippen molar-refractivity contribution in [2.75, 3.05) is 7.05 Å². The molecule has 10 nitrogen and oxygen atoms in total. The molecule has 5 N–H and O–H groups in total. The van der Waals surface area contributed by atoms with Crippen LogP contribution in [-0.2, 0) is 29.0 Å². The van der Waals surface area contributed by atoms with E-state index in [1.807, 2.05) is 74.5 Å². The summed E-state index contributed by atoms with van der Waals surface area (Å²) in [5.41, 5.74) is 3.56. The van der Waals surface area contributed by atoms with Crippen molar-refractivity contribution in [1.29, 1.82) is 0 Å². The first-order valence-corrected chi connectivity index (χ1v) is 14.5. The molecule has 3 rings (SSSR count). The van der Waals surface area contributed by atoms with E-state index in [-0.39, 0.29) is 24.9 Å². The molecular formula is C30H39N5O5S. The number of aliphatic hydroxyl groups excluding tert-OH is 1. The Kier molecular flexibility index (Phi) is 12.6. The third-order valence-corrected chi connectivity index (χ3v) is 7.31. The number of urea groups is 1. The summed E-state index contributed by atoms with van der Waals surface area (Å²) in [6.07, 6.45) is 0.909. The van der Waals surface area contributed by atoms with E-state index in [0.29, 0.717) is 12.8 Å². The van der Waals surface area contributed by atoms with E-state index in [4.69, 9.17) is 4.74 Å². The molecule has 0 bridgehead atoms. The number of hydrogen-bond acceptors (Lipinski definition) is 7. The molecule has 0 aliphatic carbocycles. The minimum absolute atomic E-state index is 0.0757. The monoisotopic (exact) mass is 581 g/mol. The van der Waals surface area contributed by atoms with Gasteiger partial charge in [-0.05, 0) is 36.3 Å². The van der Waals surface area contributed by atoms with Crippen molar-refractivity contribution >= 4 is 29.4 Å². The molecule has 41 heavy (non-hydrogen) atoms. The van der Waals surface area contributed by atoms with Gasteiger partial charge in [-0.15, -0.1) is 11.3 Å². The second-order valence-electron chi connectivity index (χ2n) is 10.1. The first kappa shape index (κ1) is 31.6. The second kappa shape index (κ2) is 16.3. The largest absolute Gasteiger partial charge is 0.444 e. The molecule has 11 heteroatoms. The van der Waals surface area contributed by atoms with Gasteiger partial charge in [-0.3, -0.25) is 9.78 Å². The van der Waals surface area contributed by atoms with Crippen molar-refractivity contribution in [2.24, 2.45) is 5.92 Å². The maximum absolute atomic E-state index is 13.3. The molecule has 0 saturated heterocycles. The standard InChI is InChI=1S/C30H39N5O5S/c1-20(2)27(35-29(38)31-3)28(37)33-23(14-21-10-6-4-7-11-21)16-26(36)25(15-22-12-8-5-9-13-22)34-30(39)40-18-24-17-32-19-41-24/h4-13,17,19-20,23,25-27,36H,14-16,18H2,1-3H3,(H,33,37)(H,34,39)(H2,31,35,38)/t23-,25-,26+,27+/m1/s1. The third-order valence-electron chi connectivity index (χ3n) is 6.56. The highest BCUT2D eigenvalue weighted by atomic mass is 32.1. The van der Waals surface area contributed by atoms with Gasteiger partial charge >= 0.3 is 12.1 Å². The molecule has 3 aromatic rings. The molecule has 1 aromatic heterocycles. The van der Waals surface area contributed by atoms with Gasteiger partial charge in [0.15, 0.2) is 0 Å². The van der Waals surface area contributed by atoms with Gasteiger partial charge in [-0.2, -0.15) is 0 Å². The van der Waals surface area contributed by atoms with Gasteiger partial charge in [-0.25, -0.2) is 9.59 Å². The van der Waals surface area contributed by atoms with Gasteiger partial charge in [0.25, 0.3) is 0 Å². The van der Waals surface area contributed by atoms with Crippen LogP contribution >= 0.6 is 11.3 Å². The number of carbonyl (C=O) groups excluding carboxylic acids is 3. The fourth-order valence-electron chi connectivity index (χ4n) is 4.38. The average Bonchev–Trinajstić information content (AvgIpc) is 3.49. The SMILES string of the molecule is CNC(=O)N[C@H](C(=O)N[C@H](Cc1ccccc1)C[C@H](O)[C@@H](Cc1ccccc1)NC(=O)OCc1cncs1)C(C)C. The molecule has 4 atom stereocenters. The van der Waals surface area contributed by atoms with Crippen LogP contribution in [0.3, 0.4) is 0 Å². The summed E-state index contributed by atoms with van der Waals surface area (Å²) in [6, 6.07) is 16.8. The molecule has 0 fully saturated rings. The van der Waals surface area contributed by atoms with Crippen molar-refractivity contribution < 1.29 is 24.2 Å². The molecule has 2 aromatic carbocycles. The lowest BCUT2D eigenvalue weighted by Crippen LogP contribution is -2.55. The smallest absolute Gasteiger partial charge is 0.407 e. The Hall–Kier alpha value is -3.96. The van der Waals surface area contributed by atoms with E-state index in [1.165, 1.54) is 18.4 Å². The number of thiazole rings is 1. The van der Waals surface area contributed by atoms with Gasteiger partial charge in [0.05, 0.1) is 22.5 Å².